The first-order chi connectivity index (χ1) is 5.75. The Bertz CT molecular complexity index is 196. The van der Waals surface area contributed by atoms with E-state index in [-0.39, 0.29) is 11.8 Å². The Morgan fingerprint density at radius 1 is 1.67 bits per heavy atom. The highest BCUT2D eigenvalue weighted by atomic mass is 16.1. The number of hydrogen-bond acceptors (Lipinski definition) is 1. The summed E-state index contributed by atoms with van der Waals surface area (Å²) in [5.41, 5.74) is 6.57. The highest BCUT2D eigenvalue weighted by Gasteiger charge is 2.18. The molecule has 0 saturated heterocycles. The average Bonchev–Trinajstić information content (AvgIpc) is 2.07. The number of nitrogens with two attached hydrogens (primary N) is 1. The standard InChI is InChI=1S/C10H17NO/c1-2-9(10(11)12)8-6-4-3-5-7-8/h6,9H,2-5,7H2,1H3,(H2,11,12)/t9-/m0/s1. The Kier molecular flexibility index (Phi) is 3.32. The van der Waals surface area contributed by atoms with Gasteiger partial charge in [-0.3, -0.25) is 4.79 Å². The molecule has 0 spiro atoms. The molecular formula is C10H17NO. The molecule has 0 bridgehead atoms. The van der Waals surface area contributed by atoms with Gasteiger partial charge in [0.2, 0.25) is 5.91 Å². The summed E-state index contributed by atoms with van der Waals surface area (Å²) in [7, 11) is 0. The van der Waals surface area contributed by atoms with Crippen LogP contribution in [-0.4, -0.2) is 5.91 Å². The molecule has 0 fully saturated rings. The smallest absolute Gasteiger partial charge is 0.224 e. The van der Waals surface area contributed by atoms with Crippen LogP contribution in [0.5, 0.6) is 0 Å². The summed E-state index contributed by atoms with van der Waals surface area (Å²) in [5, 5.41) is 0. The van der Waals surface area contributed by atoms with Crippen LogP contribution in [0.4, 0.5) is 0 Å². The van der Waals surface area contributed by atoms with Gasteiger partial charge in [-0.25, -0.2) is 0 Å². The van der Waals surface area contributed by atoms with E-state index in [1.165, 1.54) is 18.4 Å². The van der Waals surface area contributed by atoms with Crippen LogP contribution in [0.2, 0.25) is 0 Å². The van der Waals surface area contributed by atoms with E-state index >= 15 is 0 Å². The molecule has 1 aliphatic carbocycles. The molecule has 1 atom stereocenters. The summed E-state index contributed by atoms with van der Waals surface area (Å²) in [6.45, 7) is 2.02. The predicted octanol–water partition coefficient (Wildman–Crippen LogP) is 2.00. The SMILES string of the molecule is CC[C@H](C(N)=O)C1=CCCCC1. The molecule has 1 aliphatic rings. The first kappa shape index (κ1) is 9.30. The molecule has 1 rings (SSSR count). The van der Waals surface area contributed by atoms with Crippen LogP contribution in [-0.2, 0) is 4.79 Å². The van der Waals surface area contributed by atoms with Gasteiger partial charge < -0.3 is 5.73 Å². The summed E-state index contributed by atoms with van der Waals surface area (Å²) in [6.07, 6.45) is 7.72. The fourth-order valence-electron chi connectivity index (χ4n) is 1.83. The number of hydrogen-bond donors (Lipinski definition) is 1. The zero-order valence-electron chi connectivity index (χ0n) is 7.68. The van der Waals surface area contributed by atoms with Crippen molar-refractivity contribution >= 4 is 5.91 Å². The van der Waals surface area contributed by atoms with Crippen LogP contribution >= 0.6 is 0 Å². The Morgan fingerprint density at radius 3 is 2.83 bits per heavy atom. The summed E-state index contributed by atoms with van der Waals surface area (Å²) in [5.74, 6) is -0.157. The van der Waals surface area contributed by atoms with Crippen LogP contribution in [0.25, 0.3) is 0 Å². The van der Waals surface area contributed by atoms with Gasteiger partial charge in [0.25, 0.3) is 0 Å². The van der Waals surface area contributed by atoms with Gasteiger partial charge in [0.15, 0.2) is 0 Å². The Labute approximate surface area is 73.8 Å². The molecule has 0 saturated carbocycles. The molecule has 2 N–H and O–H groups in total. The van der Waals surface area contributed by atoms with Crippen molar-refractivity contribution in [2.24, 2.45) is 11.7 Å². The fraction of sp³-hybridized carbons (Fsp3) is 0.700. The molecule has 2 nitrogen and oxygen atoms in total. The number of allylic oxidation sites excluding steroid dienone is 1. The summed E-state index contributed by atoms with van der Waals surface area (Å²) < 4.78 is 0. The monoisotopic (exact) mass is 167 g/mol. The number of carbonyl (C=O) groups is 1. The number of amides is 1. The van der Waals surface area contributed by atoms with E-state index in [0.29, 0.717) is 0 Å². The molecule has 0 aromatic carbocycles. The summed E-state index contributed by atoms with van der Waals surface area (Å²) >= 11 is 0. The highest BCUT2D eigenvalue weighted by molar-refractivity contribution is 5.79. The van der Waals surface area contributed by atoms with Crippen molar-refractivity contribution in [1.82, 2.24) is 0 Å². The van der Waals surface area contributed by atoms with Crippen molar-refractivity contribution in [3.05, 3.63) is 11.6 Å². The minimum absolute atomic E-state index is 0.00491. The minimum Gasteiger partial charge on any atom is -0.369 e. The Morgan fingerprint density at radius 2 is 2.42 bits per heavy atom. The van der Waals surface area contributed by atoms with Crippen LogP contribution in [0.3, 0.4) is 0 Å². The zero-order chi connectivity index (χ0) is 8.97. The van der Waals surface area contributed by atoms with Gasteiger partial charge in [-0.2, -0.15) is 0 Å². The van der Waals surface area contributed by atoms with Crippen LogP contribution in [0.1, 0.15) is 39.0 Å². The third-order valence-electron chi connectivity index (χ3n) is 2.53. The van der Waals surface area contributed by atoms with Crippen molar-refractivity contribution in [2.45, 2.75) is 39.0 Å². The fourth-order valence-corrected chi connectivity index (χ4v) is 1.83. The third kappa shape index (κ3) is 2.10. The lowest BCUT2D eigenvalue weighted by Gasteiger charge is -2.18. The van der Waals surface area contributed by atoms with Gasteiger partial charge in [-0.05, 0) is 32.1 Å². The summed E-state index contributed by atoms with van der Waals surface area (Å²) in [6, 6.07) is 0. The minimum atomic E-state index is -0.161. The first-order valence-corrected chi connectivity index (χ1v) is 4.74. The summed E-state index contributed by atoms with van der Waals surface area (Å²) in [4.78, 5) is 11.0. The maximum atomic E-state index is 11.0. The van der Waals surface area contributed by atoms with Crippen molar-refractivity contribution in [3.63, 3.8) is 0 Å². The molecule has 0 aromatic heterocycles. The topological polar surface area (TPSA) is 43.1 Å². The van der Waals surface area contributed by atoms with E-state index < -0.39 is 0 Å². The van der Waals surface area contributed by atoms with E-state index in [2.05, 4.69) is 6.08 Å². The first-order valence-electron chi connectivity index (χ1n) is 4.74. The van der Waals surface area contributed by atoms with E-state index in [4.69, 9.17) is 5.73 Å². The second-order valence-corrected chi connectivity index (χ2v) is 3.39. The largest absolute Gasteiger partial charge is 0.369 e. The molecular weight excluding hydrogens is 150 g/mol. The van der Waals surface area contributed by atoms with Gasteiger partial charge in [0.1, 0.15) is 0 Å². The van der Waals surface area contributed by atoms with Gasteiger partial charge in [-0.1, -0.05) is 18.6 Å². The predicted molar refractivity (Wildman–Crippen MR) is 49.5 cm³/mol. The van der Waals surface area contributed by atoms with Gasteiger partial charge in [0.05, 0.1) is 5.92 Å². The zero-order valence-corrected chi connectivity index (χ0v) is 7.68. The van der Waals surface area contributed by atoms with Gasteiger partial charge >= 0.3 is 0 Å². The molecule has 0 aliphatic heterocycles. The lowest BCUT2D eigenvalue weighted by Crippen LogP contribution is -2.25. The molecule has 2 heteroatoms. The lowest BCUT2D eigenvalue weighted by atomic mass is 9.87. The molecule has 0 aromatic rings. The third-order valence-corrected chi connectivity index (χ3v) is 2.53. The molecule has 12 heavy (non-hydrogen) atoms. The van der Waals surface area contributed by atoms with Crippen LogP contribution in [0, 0.1) is 5.92 Å². The second-order valence-electron chi connectivity index (χ2n) is 3.39. The molecule has 68 valence electrons. The van der Waals surface area contributed by atoms with E-state index in [0.717, 1.165) is 19.3 Å². The second kappa shape index (κ2) is 4.29. The molecule has 1 amide bonds. The van der Waals surface area contributed by atoms with Crippen molar-refractivity contribution in [2.75, 3.05) is 0 Å². The number of primary amides is 1. The number of carbonyl (C=O) groups excluding carboxylic acids is 1. The van der Waals surface area contributed by atoms with Crippen molar-refractivity contribution in [1.29, 1.82) is 0 Å². The molecule has 0 radical (unpaired) electrons. The average molecular weight is 167 g/mol. The van der Waals surface area contributed by atoms with E-state index in [1.54, 1.807) is 0 Å². The van der Waals surface area contributed by atoms with Crippen LogP contribution in [0.15, 0.2) is 11.6 Å². The van der Waals surface area contributed by atoms with Crippen molar-refractivity contribution < 1.29 is 4.79 Å². The van der Waals surface area contributed by atoms with E-state index in [9.17, 15) is 4.79 Å². The molecule has 0 heterocycles. The molecule has 0 unspecified atom stereocenters. The van der Waals surface area contributed by atoms with Gasteiger partial charge in [0, 0.05) is 0 Å². The normalized spacial score (nSPS) is 19.9. The van der Waals surface area contributed by atoms with Crippen molar-refractivity contribution in [3.8, 4) is 0 Å². The van der Waals surface area contributed by atoms with Crippen LogP contribution < -0.4 is 5.73 Å². The Hall–Kier alpha value is -0.790. The van der Waals surface area contributed by atoms with E-state index in [1.807, 2.05) is 6.92 Å². The maximum absolute atomic E-state index is 11.0. The quantitative estimate of drug-likeness (QED) is 0.642. The maximum Gasteiger partial charge on any atom is 0.224 e. The Balaban J connectivity index is 2.64. The number of rotatable bonds is 3. The highest BCUT2D eigenvalue weighted by Crippen LogP contribution is 2.25. The lowest BCUT2D eigenvalue weighted by molar-refractivity contribution is -0.120. The van der Waals surface area contributed by atoms with Gasteiger partial charge in [-0.15, -0.1) is 0 Å².